The van der Waals surface area contributed by atoms with Gasteiger partial charge in [-0.05, 0) is 62.6 Å². The quantitative estimate of drug-likeness (QED) is 0.427. The zero-order valence-electron chi connectivity index (χ0n) is 19.0. The first-order chi connectivity index (χ1) is 15.9. The first-order valence-corrected chi connectivity index (χ1v) is 12.5. The lowest BCUT2D eigenvalue weighted by molar-refractivity contribution is -0.119. The number of aryl methyl sites for hydroxylation is 2. The van der Waals surface area contributed by atoms with Gasteiger partial charge in [0.05, 0.1) is 17.2 Å². The van der Waals surface area contributed by atoms with Gasteiger partial charge in [-0.3, -0.25) is 9.10 Å². The van der Waals surface area contributed by atoms with Crippen molar-refractivity contribution in [2.45, 2.75) is 31.6 Å². The molecule has 7 heteroatoms. The summed E-state index contributed by atoms with van der Waals surface area (Å²) in [5.74, 6) is 0.499. The minimum absolute atomic E-state index is 0.150. The lowest BCUT2D eigenvalue weighted by atomic mass is 10.1. The number of ether oxygens (including phenoxy) is 1. The minimum atomic E-state index is -3.90. The molecule has 0 aliphatic carbocycles. The summed E-state index contributed by atoms with van der Waals surface area (Å²) in [6.07, 6.45) is 1.46. The maximum atomic E-state index is 13.3. The average Bonchev–Trinajstić information content (AvgIpc) is 2.82. The summed E-state index contributed by atoms with van der Waals surface area (Å²) in [7, 11) is -3.90. The predicted octanol–water partition coefficient (Wildman–Crippen LogP) is 4.34. The second-order valence-corrected chi connectivity index (χ2v) is 9.52. The number of para-hydroxylation sites is 2. The third-order valence-electron chi connectivity index (χ3n) is 5.16. The molecule has 0 aromatic heterocycles. The van der Waals surface area contributed by atoms with Gasteiger partial charge < -0.3 is 10.1 Å². The Bertz CT molecular complexity index is 1150. The third-order valence-corrected chi connectivity index (χ3v) is 6.95. The summed E-state index contributed by atoms with van der Waals surface area (Å²) in [5, 5.41) is 2.85. The smallest absolute Gasteiger partial charge is 0.264 e. The van der Waals surface area contributed by atoms with E-state index >= 15 is 0 Å². The fraction of sp³-hybridized carbons (Fsp3) is 0.269. The van der Waals surface area contributed by atoms with Crippen molar-refractivity contribution in [3.8, 4) is 5.75 Å². The Labute approximate surface area is 196 Å². The number of rotatable bonds is 11. The Hall–Kier alpha value is -3.32. The zero-order valence-corrected chi connectivity index (χ0v) is 19.8. The molecular weight excluding hydrogens is 436 g/mol. The maximum absolute atomic E-state index is 13.3. The van der Waals surface area contributed by atoms with Crippen LogP contribution in [0.2, 0.25) is 0 Å². The fourth-order valence-electron chi connectivity index (χ4n) is 3.45. The van der Waals surface area contributed by atoms with Crippen LogP contribution in [0.4, 0.5) is 5.69 Å². The van der Waals surface area contributed by atoms with Gasteiger partial charge in [-0.2, -0.15) is 0 Å². The number of anilines is 1. The van der Waals surface area contributed by atoms with E-state index < -0.39 is 10.0 Å². The number of benzene rings is 3. The van der Waals surface area contributed by atoms with Crippen LogP contribution in [-0.2, 0) is 21.2 Å². The maximum Gasteiger partial charge on any atom is 0.264 e. The van der Waals surface area contributed by atoms with E-state index in [1.165, 1.54) is 0 Å². The van der Waals surface area contributed by atoms with Gasteiger partial charge in [0.1, 0.15) is 12.3 Å². The van der Waals surface area contributed by atoms with Crippen LogP contribution < -0.4 is 14.4 Å². The van der Waals surface area contributed by atoms with Crippen LogP contribution in [0.15, 0.2) is 83.8 Å². The highest BCUT2D eigenvalue weighted by atomic mass is 32.2. The van der Waals surface area contributed by atoms with Gasteiger partial charge in [-0.1, -0.05) is 54.1 Å². The Kier molecular flexibility index (Phi) is 8.49. The van der Waals surface area contributed by atoms with Crippen LogP contribution in [0.1, 0.15) is 24.5 Å². The topological polar surface area (TPSA) is 75.7 Å². The summed E-state index contributed by atoms with van der Waals surface area (Å²) >= 11 is 0. The molecule has 0 aliphatic heterocycles. The monoisotopic (exact) mass is 466 g/mol. The van der Waals surface area contributed by atoms with Crippen LogP contribution in [0.25, 0.3) is 0 Å². The van der Waals surface area contributed by atoms with E-state index in [2.05, 4.69) is 5.32 Å². The number of carbonyl (C=O) groups is 1. The summed E-state index contributed by atoms with van der Waals surface area (Å²) < 4.78 is 33.4. The molecule has 174 valence electrons. The molecule has 0 saturated carbocycles. The van der Waals surface area contributed by atoms with Crippen LogP contribution in [0.3, 0.4) is 0 Å². The first-order valence-electron chi connectivity index (χ1n) is 11.0. The first kappa shape index (κ1) is 24.3. The SMILES string of the molecule is CCOc1ccccc1CCCNC(=O)CN(c1ccccc1)S(=O)(=O)c1ccc(C)cc1. The second kappa shape index (κ2) is 11.5. The van der Waals surface area contributed by atoms with Gasteiger partial charge in [-0.25, -0.2) is 8.42 Å². The third kappa shape index (κ3) is 6.58. The van der Waals surface area contributed by atoms with Gasteiger partial charge in [-0.15, -0.1) is 0 Å². The molecule has 0 atom stereocenters. The number of carbonyl (C=O) groups excluding carboxylic acids is 1. The van der Waals surface area contributed by atoms with E-state index in [1.807, 2.05) is 38.1 Å². The molecule has 1 amide bonds. The van der Waals surface area contributed by atoms with Gasteiger partial charge in [0, 0.05) is 6.54 Å². The lowest BCUT2D eigenvalue weighted by Gasteiger charge is -2.24. The fourth-order valence-corrected chi connectivity index (χ4v) is 4.87. The molecule has 3 aromatic rings. The molecule has 0 unspecified atom stereocenters. The minimum Gasteiger partial charge on any atom is -0.494 e. The normalized spacial score (nSPS) is 11.1. The van der Waals surface area contributed by atoms with Gasteiger partial charge >= 0.3 is 0 Å². The molecule has 33 heavy (non-hydrogen) atoms. The zero-order chi connectivity index (χ0) is 23.7. The number of nitrogens with one attached hydrogen (secondary N) is 1. The summed E-state index contributed by atoms with van der Waals surface area (Å²) in [4.78, 5) is 12.8. The van der Waals surface area contributed by atoms with E-state index in [0.29, 0.717) is 25.3 Å². The van der Waals surface area contributed by atoms with E-state index in [-0.39, 0.29) is 17.3 Å². The molecular formula is C26H30N2O4S. The van der Waals surface area contributed by atoms with Crippen LogP contribution in [0.5, 0.6) is 5.75 Å². The number of nitrogens with zero attached hydrogens (tertiary/aromatic N) is 1. The Balaban J connectivity index is 1.66. The summed E-state index contributed by atoms with van der Waals surface area (Å²) in [6, 6.07) is 23.1. The number of sulfonamides is 1. The molecule has 0 saturated heterocycles. The van der Waals surface area contributed by atoms with Crippen molar-refractivity contribution in [3.05, 3.63) is 90.0 Å². The summed E-state index contributed by atoms with van der Waals surface area (Å²) in [5.41, 5.74) is 2.49. The molecule has 3 aromatic carbocycles. The van der Waals surface area contributed by atoms with Crippen LogP contribution in [-0.4, -0.2) is 34.0 Å². The standard InChI is InChI=1S/C26H30N2O4S/c1-3-32-25-14-8-7-10-22(25)11-9-19-27-26(29)20-28(23-12-5-4-6-13-23)33(30,31)24-17-15-21(2)16-18-24/h4-8,10,12-18H,3,9,11,19-20H2,1-2H3,(H,27,29). The van der Waals surface area contributed by atoms with Crippen molar-refractivity contribution in [2.75, 3.05) is 24.0 Å². The number of hydrogen-bond donors (Lipinski definition) is 1. The van der Waals surface area contributed by atoms with Crippen molar-refractivity contribution in [1.82, 2.24) is 5.32 Å². The molecule has 0 spiro atoms. The number of amides is 1. The van der Waals surface area contributed by atoms with Crippen molar-refractivity contribution in [2.24, 2.45) is 0 Å². The molecule has 1 N–H and O–H groups in total. The molecule has 3 rings (SSSR count). The highest BCUT2D eigenvalue weighted by molar-refractivity contribution is 7.92. The second-order valence-electron chi connectivity index (χ2n) is 7.65. The molecule has 0 fully saturated rings. The van der Waals surface area contributed by atoms with E-state index in [0.717, 1.165) is 27.6 Å². The van der Waals surface area contributed by atoms with E-state index in [9.17, 15) is 13.2 Å². The molecule has 0 bridgehead atoms. The van der Waals surface area contributed by atoms with Crippen molar-refractivity contribution in [1.29, 1.82) is 0 Å². The van der Waals surface area contributed by atoms with Crippen molar-refractivity contribution >= 4 is 21.6 Å². The molecule has 0 heterocycles. The summed E-state index contributed by atoms with van der Waals surface area (Å²) in [6.45, 7) is 4.58. The van der Waals surface area contributed by atoms with Gasteiger partial charge in [0.2, 0.25) is 5.91 Å². The van der Waals surface area contributed by atoms with Crippen molar-refractivity contribution in [3.63, 3.8) is 0 Å². The van der Waals surface area contributed by atoms with Gasteiger partial charge in [0.25, 0.3) is 10.0 Å². The number of hydrogen-bond acceptors (Lipinski definition) is 4. The highest BCUT2D eigenvalue weighted by Crippen LogP contribution is 2.23. The largest absolute Gasteiger partial charge is 0.494 e. The lowest BCUT2D eigenvalue weighted by Crippen LogP contribution is -2.41. The van der Waals surface area contributed by atoms with Crippen LogP contribution in [0, 0.1) is 6.92 Å². The van der Waals surface area contributed by atoms with E-state index in [1.54, 1.807) is 54.6 Å². The highest BCUT2D eigenvalue weighted by Gasteiger charge is 2.27. The molecule has 0 radical (unpaired) electrons. The Morgan fingerprint density at radius 2 is 1.61 bits per heavy atom. The average molecular weight is 467 g/mol. The van der Waals surface area contributed by atoms with Crippen LogP contribution >= 0.6 is 0 Å². The molecule has 6 nitrogen and oxygen atoms in total. The predicted molar refractivity (Wildman–Crippen MR) is 131 cm³/mol. The van der Waals surface area contributed by atoms with Crippen molar-refractivity contribution < 1.29 is 17.9 Å². The molecule has 0 aliphatic rings. The van der Waals surface area contributed by atoms with E-state index in [4.69, 9.17) is 4.74 Å². The Morgan fingerprint density at radius 3 is 2.30 bits per heavy atom. The van der Waals surface area contributed by atoms with Gasteiger partial charge in [0.15, 0.2) is 0 Å². The Morgan fingerprint density at radius 1 is 0.939 bits per heavy atom.